The number of aromatic nitrogens is 2. The van der Waals surface area contributed by atoms with E-state index >= 15 is 0 Å². The third-order valence-corrected chi connectivity index (χ3v) is 6.36. The van der Waals surface area contributed by atoms with Crippen molar-refractivity contribution < 1.29 is 52.1 Å². The van der Waals surface area contributed by atoms with Crippen molar-refractivity contribution in [1.82, 2.24) is 8.75 Å². The Hall–Kier alpha value is -3.26. The van der Waals surface area contributed by atoms with Crippen LogP contribution in [0.25, 0.3) is 5.57 Å². The fourth-order valence-corrected chi connectivity index (χ4v) is 4.36. The Morgan fingerprint density at radius 1 is 1.05 bits per heavy atom. The lowest BCUT2D eigenvalue weighted by atomic mass is 10.1. The van der Waals surface area contributed by atoms with E-state index in [0.717, 1.165) is 48.8 Å². The van der Waals surface area contributed by atoms with Crippen molar-refractivity contribution in [3.05, 3.63) is 11.8 Å². The number of unbranched alkanes of at least 4 members (excludes halogenated alkanes) is 3. The smallest absolute Gasteiger partial charge is 0.475 e. The van der Waals surface area contributed by atoms with Crippen molar-refractivity contribution in [3.63, 3.8) is 0 Å². The van der Waals surface area contributed by atoms with Crippen LogP contribution >= 0.6 is 11.7 Å². The molecule has 0 aliphatic carbocycles. The molecule has 1 aromatic rings. The number of ether oxygens (including phenoxy) is 6. The second-order valence-electron chi connectivity index (χ2n) is 9.29. The van der Waals surface area contributed by atoms with E-state index in [4.69, 9.17) is 18.9 Å². The molecule has 14 heteroatoms. The largest absolute Gasteiger partial charge is 0.512 e. The lowest BCUT2D eigenvalue weighted by Gasteiger charge is -2.36. The van der Waals surface area contributed by atoms with Gasteiger partial charge in [-0.15, -0.1) is 4.37 Å². The Kier molecular flexibility index (Phi) is 14.8. The number of quaternary nitrogens is 1. The third-order valence-electron chi connectivity index (χ3n) is 5.85. The molecule has 2 rings (SSSR count). The van der Waals surface area contributed by atoms with E-state index in [1.54, 1.807) is 0 Å². The van der Waals surface area contributed by atoms with Crippen LogP contribution in [0, 0.1) is 0 Å². The van der Waals surface area contributed by atoms with Crippen molar-refractivity contribution in [2.75, 3.05) is 53.3 Å². The minimum Gasteiger partial charge on any atom is -0.475 e. The standard InChI is InChI=1S/C25H38N3O10S/c1-3-4-5-6-12-35-24-23(26-39-27-24)20-9-7-11-28(2,14-20)17-37-25(32)36-13-8-10-22(31)38-21(15-33-18-29)16-34-19-30/h9,18-19,21H,3-8,10-17H2,1-2H3/q+1. The van der Waals surface area contributed by atoms with Crippen LogP contribution in [-0.4, -0.2) is 97.7 Å². The molecule has 1 unspecified atom stereocenters. The number of rotatable bonds is 20. The monoisotopic (exact) mass is 572 g/mol. The number of carbonyl (C=O) groups excluding carboxylic acids is 4. The zero-order chi connectivity index (χ0) is 28.3. The van der Waals surface area contributed by atoms with Gasteiger partial charge in [-0.25, -0.2) is 4.79 Å². The third kappa shape index (κ3) is 12.4. The Morgan fingerprint density at radius 2 is 1.82 bits per heavy atom. The van der Waals surface area contributed by atoms with Gasteiger partial charge in [0.2, 0.25) is 6.73 Å². The van der Waals surface area contributed by atoms with Crippen molar-refractivity contribution in [2.24, 2.45) is 0 Å². The highest BCUT2D eigenvalue weighted by Gasteiger charge is 2.31. The molecule has 1 aliphatic heterocycles. The van der Waals surface area contributed by atoms with Crippen molar-refractivity contribution in [3.8, 4) is 5.88 Å². The van der Waals surface area contributed by atoms with Gasteiger partial charge in [0.25, 0.3) is 18.8 Å². The Labute approximate surface area is 232 Å². The predicted molar refractivity (Wildman–Crippen MR) is 139 cm³/mol. The zero-order valence-electron chi connectivity index (χ0n) is 22.5. The Balaban J connectivity index is 1.70. The summed E-state index contributed by atoms with van der Waals surface area (Å²) in [6.07, 6.45) is 5.74. The van der Waals surface area contributed by atoms with Gasteiger partial charge in [-0.1, -0.05) is 32.3 Å². The first-order valence-electron chi connectivity index (χ1n) is 13.0. The molecule has 1 aliphatic rings. The number of carbonyl (C=O) groups is 4. The molecule has 0 spiro atoms. The molecule has 0 fully saturated rings. The van der Waals surface area contributed by atoms with Crippen LogP contribution in [-0.2, 0) is 38.1 Å². The van der Waals surface area contributed by atoms with Gasteiger partial charge in [0.15, 0.2) is 6.10 Å². The van der Waals surface area contributed by atoms with Gasteiger partial charge in [-0.3, -0.25) is 18.9 Å². The van der Waals surface area contributed by atoms with E-state index < -0.39 is 18.2 Å². The van der Waals surface area contributed by atoms with Gasteiger partial charge in [0, 0.05) is 18.4 Å². The number of nitrogens with zero attached hydrogens (tertiary/aromatic N) is 3. The highest BCUT2D eigenvalue weighted by molar-refractivity contribution is 6.99. The maximum atomic E-state index is 12.1. The molecular weight excluding hydrogens is 534 g/mol. The van der Waals surface area contributed by atoms with Crippen LogP contribution < -0.4 is 4.74 Å². The SMILES string of the molecule is CCCCCCOc1nsnc1C1=CCC[N+](C)(COC(=O)OCCCC(=O)OC(COC=O)COC=O)C1. The van der Waals surface area contributed by atoms with Gasteiger partial charge in [0.1, 0.15) is 25.5 Å². The van der Waals surface area contributed by atoms with Crippen molar-refractivity contribution in [1.29, 1.82) is 0 Å². The van der Waals surface area contributed by atoms with E-state index in [-0.39, 0.29) is 52.3 Å². The Bertz CT molecular complexity index is 929. The summed E-state index contributed by atoms with van der Waals surface area (Å²) in [6.45, 7) is 4.11. The van der Waals surface area contributed by atoms with E-state index in [9.17, 15) is 19.2 Å². The molecule has 0 radical (unpaired) electrons. The maximum absolute atomic E-state index is 12.1. The summed E-state index contributed by atoms with van der Waals surface area (Å²) < 4.78 is 39.7. The fourth-order valence-electron chi connectivity index (χ4n) is 3.83. The number of hydrogen-bond acceptors (Lipinski definition) is 13. The highest BCUT2D eigenvalue weighted by atomic mass is 32.1. The molecule has 0 N–H and O–H groups in total. The van der Waals surface area contributed by atoms with E-state index in [2.05, 4.69) is 31.2 Å². The van der Waals surface area contributed by atoms with E-state index in [0.29, 0.717) is 23.5 Å². The van der Waals surface area contributed by atoms with Crippen LogP contribution in [0.1, 0.15) is 57.6 Å². The second kappa shape index (κ2) is 18.1. The maximum Gasteiger partial charge on any atom is 0.512 e. The van der Waals surface area contributed by atoms with Crippen LogP contribution in [0.4, 0.5) is 4.79 Å². The molecule has 0 saturated carbocycles. The van der Waals surface area contributed by atoms with Crippen molar-refractivity contribution >= 4 is 42.4 Å². The lowest BCUT2D eigenvalue weighted by molar-refractivity contribution is -0.919. The van der Waals surface area contributed by atoms with Gasteiger partial charge in [-0.2, -0.15) is 4.37 Å². The molecule has 39 heavy (non-hydrogen) atoms. The molecular formula is C25H38N3O10S+. The average molecular weight is 573 g/mol. The van der Waals surface area contributed by atoms with Gasteiger partial charge < -0.3 is 28.4 Å². The van der Waals surface area contributed by atoms with Gasteiger partial charge in [0.05, 0.1) is 38.5 Å². The first-order valence-corrected chi connectivity index (χ1v) is 13.7. The summed E-state index contributed by atoms with van der Waals surface area (Å²) in [6, 6.07) is 0. The van der Waals surface area contributed by atoms with Crippen LogP contribution in [0.2, 0.25) is 0 Å². The average Bonchev–Trinajstić information content (AvgIpc) is 3.40. The molecule has 2 heterocycles. The first kappa shape index (κ1) is 32.0. The molecule has 13 nitrogen and oxygen atoms in total. The van der Waals surface area contributed by atoms with E-state index in [1.165, 1.54) is 12.8 Å². The van der Waals surface area contributed by atoms with Crippen molar-refractivity contribution in [2.45, 2.75) is 58.0 Å². The summed E-state index contributed by atoms with van der Waals surface area (Å²) in [4.78, 5) is 44.7. The van der Waals surface area contributed by atoms with Crippen LogP contribution in [0.5, 0.6) is 5.88 Å². The minimum atomic E-state index is -0.916. The molecule has 0 saturated heterocycles. The number of esters is 1. The van der Waals surface area contributed by atoms with E-state index in [1.807, 2.05) is 7.05 Å². The fraction of sp³-hybridized carbons (Fsp3) is 0.680. The summed E-state index contributed by atoms with van der Waals surface area (Å²) in [7, 11) is 1.99. The Morgan fingerprint density at radius 3 is 2.54 bits per heavy atom. The number of likely N-dealkylation sites (N-methyl/N-ethyl adjacent to an activating group) is 1. The summed E-state index contributed by atoms with van der Waals surface area (Å²) >= 11 is 1.12. The molecule has 0 bridgehead atoms. The lowest BCUT2D eigenvalue weighted by Crippen LogP contribution is -2.49. The molecule has 0 amide bonds. The predicted octanol–water partition coefficient (Wildman–Crippen LogP) is 2.88. The molecule has 1 atom stereocenters. The second-order valence-corrected chi connectivity index (χ2v) is 9.82. The topological polar surface area (TPSA) is 149 Å². The van der Waals surface area contributed by atoms with Crippen LogP contribution in [0.15, 0.2) is 6.08 Å². The summed E-state index contributed by atoms with van der Waals surface area (Å²) in [5.41, 5.74) is 1.75. The molecule has 218 valence electrons. The normalized spacial score (nSPS) is 16.6. The quantitative estimate of drug-likeness (QED) is 0.0743. The van der Waals surface area contributed by atoms with Gasteiger partial charge in [-0.05, 0) is 12.8 Å². The number of hydrogen-bond donors (Lipinski definition) is 0. The minimum absolute atomic E-state index is 0.0490. The molecule has 0 aromatic carbocycles. The summed E-state index contributed by atoms with van der Waals surface area (Å²) in [5.74, 6) is -0.0681. The molecule has 1 aromatic heterocycles. The summed E-state index contributed by atoms with van der Waals surface area (Å²) in [5, 5.41) is 0. The van der Waals surface area contributed by atoms with Gasteiger partial charge >= 0.3 is 12.1 Å². The first-order chi connectivity index (χ1) is 18.9. The van der Waals surface area contributed by atoms with Crippen LogP contribution in [0.3, 0.4) is 0 Å². The zero-order valence-corrected chi connectivity index (χ0v) is 23.4. The highest BCUT2D eigenvalue weighted by Crippen LogP contribution is 2.30.